The molecule has 0 saturated carbocycles. The molecule has 0 atom stereocenters. The van der Waals surface area contributed by atoms with E-state index in [0.29, 0.717) is 18.0 Å². The number of anilines is 1. The van der Waals surface area contributed by atoms with Crippen LogP contribution < -0.4 is 4.90 Å². The molecular weight excluding hydrogens is 269 g/mol. The first kappa shape index (κ1) is 14.0. The molecule has 0 spiro atoms. The van der Waals surface area contributed by atoms with E-state index in [2.05, 4.69) is 0 Å². The minimum atomic E-state index is -4.55. The zero-order valence-electron chi connectivity index (χ0n) is 10.6. The van der Waals surface area contributed by atoms with Crippen LogP contribution in [0.5, 0.6) is 0 Å². The third-order valence-electron chi connectivity index (χ3n) is 2.84. The summed E-state index contributed by atoms with van der Waals surface area (Å²) in [7, 11) is 1.66. The van der Waals surface area contributed by atoms with Crippen molar-refractivity contribution >= 4 is 5.69 Å². The Morgan fingerprint density at radius 1 is 1.30 bits per heavy atom. The highest BCUT2D eigenvalue weighted by molar-refractivity contribution is 5.54. The summed E-state index contributed by atoms with van der Waals surface area (Å²) < 4.78 is 43.8. The Labute approximate surface area is 113 Å². The second-order valence-electron chi connectivity index (χ2n) is 4.27. The summed E-state index contributed by atoms with van der Waals surface area (Å²) in [5.41, 5.74) is -0.941. The van der Waals surface area contributed by atoms with Crippen molar-refractivity contribution in [3.63, 3.8) is 0 Å². The van der Waals surface area contributed by atoms with Crippen LogP contribution in [0.4, 0.5) is 18.9 Å². The average molecular weight is 280 g/mol. The lowest BCUT2D eigenvalue weighted by Gasteiger charge is -2.20. The van der Waals surface area contributed by atoms with Gasteiger partial charge in [-0.3, -0.25) is 0 Å². The number of furan rings is 1. The number of hydrogen-bond acceptors (Lipinski definition) is 3. The molecule has 0 radical (unpaired) electrons. The normalized spacial score (nSPS) is 11.2. The maximum absolute atomic E-state index is 12.9. The van der Waals surface area contributed by atoms with Gasteiger partial charge in [-0.1, -0.05) is 0 Å². The summed E-state index contributed by atoms with van der Waals surface area (Å²) in [6.07, 6.45) is -3.05. The molecule has 0 amide bonds. The molecule has 0 bridgehead atoms. The fourth-order valence-corrected chi connectivity index (χ4v) is 1.83. The number of alkyl halides is 3. The molecule has 0 fully saturated rings. The van der Waals surface area contributed by atoms with E-state index in [1.54, 1.807) is 30.1 Å². The maximum atomic E-state index is 12.9. The highest BCUT2D eigenvalue weighted by Gasteiger charge is 2.34. The Bertz CT molecular complexity index is 627. The number of nitrogens with zero attached hydrogens (tertiary/aromatic N) is 2. The lowest BCUT2D eigenvalue weighted by atomic mass is 10.1. The van der Waals surface area contributed by atoms with Crippen molar-refractivity contribution in [1.29, 1.82) is 5.26 Å². The lowest BCUT2D eigenvalue weighted by Crippen LogP contribution is -2.17. The summed E-state index contributed by atoms with van der Waals surface area (Å²) in [5.74, 6) is 0.644. The molecule has 1 aromatic heterocycles. The summed E-state index contributed by atoms with van der Waals surface area (Å²) in [4.78, 5) is 1.62. The van der Waals surface area contributed by atoms with Gasteiger partial charge in [-0.2, -0.15) is 18.4 Å². The minimum absolute atomic E-state index is 0.343. The summed E-state index contributed by atoms with van der Waals surface area (Å²) >= 11 is 0. The van der Waals surface area contributed by atoms with E-state index in [9.17, 15) is 13.2 Å². The van der Waals surface area contributed by atoms with Crippen molar-refractivity contribution in [2.75, 3.05) is 11.9 Å². The standard InChI is InChI=1S/C14H11F3N2O/c1-19(9-12-3-2-6-20-12)11-5-4-10(8-18)13(7-11)14(15,16)17/h2-7H,9H2,1H3. The summed E-state index contributed by atoms with van der Waals surface area (Å²) in [6.45, 7) is 0.343. The summed E-state index contributed by atoms with van der Waals surface area (Å²) in [5, 5.41) is 8.74. The van der Waals surface area contributed by atoms with Gasteiger partial charge in [0.1, 0.15) is 5.76 Å². The molecule has 2 aromatic rings. The largest absolute Gasteiger partial charge is 0.467 e. The van der Waals surface area contributed by atoms with Gasteiger partial charge in [-0.05, 0) is 30.3 Å². The van der Waals surface area contributed by atoms with E-state index < -0.39 is 11.7 Å². The molecule has 104 valence electrons. The van der Waals surface area contributed by atoms with Gasteiger partial charge in [-0.15, -0.1) is 0 Å². The zero-order valence-corrected chi connectivity index (χ0v) is 10.6. The van der Waals surface area contributed by atoms with Crippen molar-refractivity contribution in [2.24, 2.45) is 0 Å². The third kappa shape index (κ3) is 2.94. The second kappa shape index (κ2) is 5.29. The van der Waals surface area contributed by atoms with Gasteiger partial charge in [0.2, 0.25) is 0 Å². The Balaban J connectivity index is 2.31. The molecule has 0 aliphatic heterocycles. The Hall–Kier alpha value is -2.42. The smallest absolute Gasteiger partial charge is 0.417 e. The van der Waals surface area contributed by atoms with Crippen molar-refractivity contribution in [3.05, 3.63) is 53.5 Å². The van der Waals surface area contributed by atoms with Crippen LogP contribution in [-0.4, -0.2) is 7.05 Å². The van der Waals surface area contributed by atoms with Gasteiger partial charge in [0, 0.05) is 12.7 Å². The number of rotatable bonds is 3. The highest BCUT2D eigenvalue weighted by Crippen LogP contribution is 2.34. The summed E-state index contributed by atoms with van der Waals surface area (Å²) in [6, 6.07) is 8.64. The molecule has 2 rings (SSSR count). The van der Waals surface area contributed by atoms with Gasteiger partial charge in [0.15, 0.2) is 0 Å². The Morgan fingerprint density at radius 2 is 2.05 bits per heavy atom. The van der Waals surface area contributed by atoms with Gasteiger partial charge in [0.05, 0.1) is 30.0 Å². The van der Waals surface area contributed by atoms with Crippen molar-refractivity contribution < 1.29 is 17.6 Å². The second-order valence-corrected chi connectivity index (χ2v) is 4.27. The fourth-order valence-electron chi connectivity index (χ4n) is 1.83. The first-order valence-electron chi connectivity index (χ1n) is 5.76. The molecule has 0 aliphatic rings. The van der Waals surface area contributed by atoms with E-state index in [1.165, 1.54) is 18.4 Å². The first-order chi connectivity index (χ1) is 9.41. The molecule has 20 heavy (non-hydrogen) atoms. The molecule has 0 saturated heterocycles. The van der Waals surface area contributed by atoms with E-state index >= 15 is 0 Å². The molecular formula is C14H11F3N2O. The molecule has 3 nitrogen and oxygen atoms in total. The van der Waals surface area contributed by atoms with Crippen LogP contribution in [0.2, 0.25) is 0 Å². The van der Waals surface area contributed by atoms with Crippen molar-refractivity contribution in [1.82, 2.24) is 0 Å². The average Bonchev–Trinajstić information content (AvgIpc) is 2.89. The Kier molecular flexibility index (Phi) is 3.70. The monoisotopic (exact) mass is 280 g/mol. The quantitative estimate of drug-likeness (QED) is 0.858. The van der Waals surface area contributed by atoms with Gasteiger partial charge in [-0.25, -0.2) is 0 Å². The molecule has 1 heterocycles. The number of nitriles is 1. The molecule has 6 heteroatoms. The SMILES string of the molecule is CN(Cc1ccco1)c1ccc(C#N)c(C(F)(F)F)c1. The van der Waals surface area contributed by atoms with Crippen LogP contribution in [0.3, 0.4) is 0 Å². The van der Waals surface area contributed by atoms with Crippen molar-refractivity contribution in [2.45, 2.75) is 12.7 Å². The third-order valence-corrected chi connectivity index (χ3v) is 2.84. The van der Waals surface area contributed by atoms with E-state index in [-0.39, 0.29) is 5.56 Å². The maximum Gasteiger partial charge on any atom is 0.417 e. The molecule has 0 unspecified atom stereocenters. The highest BCUT2D eigenvalue weighted by atomic mass is 19.4. The number of halogens is 3. The number of hydrogen-bond donors (Lipinski definition) is 0. The predicted molar refractivity (Wildman–Crippen MR) is 67.0 cm³/mol. The molecule has 0 aliphatic carbocycles. The number of benzene rings is 1. The first-order valence-corrected chi connectivity index (χ1v) is 5.76. The Morgan fingerprint density at radius 3 is 2.60 bits per heavy atom. The van der Waals surface area contributed by atoms with Gasteiger partial charge >= 0.3 is 6.18 Å². The predicted octanol–water partition coefficient (Wildman–Crippen LogP) is 3.81. The van der Waals surface area contributed by atoms with E-state index in [1.807, 2.05) is 0 Å². The van der Waals surface area contributed by atoms with E-state index in [4.69, 9.17) is 9.68 Å². The lowest BCUT2D eigenvalue weighted by molar-refractivity contribution is -0.137. The molecule has 0 N–H and O–H groups in total. The van der Waals surface area contributed by atoms with Crippen LogP contribution in [-0.2, 0) is 12.7 Å². The van der Waals surface area contributed by atoms with Gasteiger partial charge in [0.25, 0.3) is 0 Å². The van der Waals surface area contributed by atoms with Crippen LogP contribution in [0.1, 0.15) is 16.9 Å². The van der Waals surface area contributed by atoms with Crippen LogP contribution in [0, 0.1) is 11.3 Å². The van der Waals surface area contributed by atoms with Crippen LogP contribution in [0.25, 0.3) is 0 Å². The fraction of sp³-hybridized carbons (Fsp3) is 0.214. The minimum Gasteiger partial charge on any atom is -0.467 e. The van der Waals surface area contributed by atoms with Crippen molar-refractivity contribution in [3.8, 4) is 6.07 Å². The topological polar surface area (TPSA) is 40.2 Å². The van der Waals surface area contributed by atoms with Crippen LogP contribution in [0.15, 0.2) is 41.0 Å². The zero-order chi connectivity index (χ0) is 14.8. The van der Waals surface area contributed by atoms with Crippen LogP contribution >= 0.6 is 0 Å². The van der Waals surface area contributed by atoms with E-state index in [0.717, 1.165) is 6.07 Å². The van der Waals surface area contributed by atoms with Gasteiger partial charge < -0.3 is 9.32 Å². The molecule has 1 aromatic carbocycles.